The van der Waals surface area contributed by atoms with Gasteiger partial charge in [0.25, 0.3) is 0 Å². The molecule has 2 aliphatic carbocycles. The van der Waals surface area contributed by atoms with Gasteiger partial charge < -0.3 is 0 Å². The fourth-order valence-corrected chi connectivity index (χ4v) is 10.1. The van der Waals surface area contributed by atoms with Gasteiger partial charge in [-0.05, 0) is 122 Å². The van der Waals surface area contributed by atoms with Crippen molar-refractivity contribution in [1.29, 1.82) is 0 Å². The fourth-order valence-electron chi connectivity index (χ4n) is 10.1. The van der Waals surface area contributed by atoms with E-state index in [1.54, 1.807) is 0 Å². The van der Waals surface area contributed by atoms with Gasteiger partial charge in [0, 0.05) is 10.8 Å². The number of benzene rings is 9. The van der Waals surface area contributed by atoms with Gasteiger partial charge in [-0.2, -0.15) is 0 Å². The van der Waals surface area contributed by atoms with Crippen molar-refractivity contribution < 1.29 is 0 Å². The van der Waals surface area contributed by atoms with Gasteiger partial charge >= 0.3 is 0 Å². The van der Waals surface area contributed by atoms with Crippen LogP contribution in [0.5, 0.6) is 0 Å². The summed E-state index contributed by atoms with van der Waals surface area (Å²) in [4.78, 5) is 0. The molecule has 0 amide bonds. The molecule has 0 unspecified atom stereocenters. The molecule has 0 spiro atoms. The number of rotatable bonds is 2. The summed E-state index contributed by atoms with van der Waals surface area (Å²) in [5.41, 5.74) is 16.2. The third-order valence-corrected chi connectivity index (χ3v) is 12.6. The molecule has 246 valence electrons. The third kappa shape index (κ3) is 3.82. The van der Waals surface area contributed by atoms with E-state index >= 15 is 0 Å². The Morgan fingerprint density at radius 3 is 1.00 bits per heavy atom. The minimum Gasteiger partial charge on any atom is -0.0616 e. The molecule has 9 aromatic rings. The average molecular weight is 663 g/mol. The van der Waals surface area contributed by atoms with Crippen molar-refractivity contribution in [3.05, 3.63) is 180 Å². The van der Waals surface area contributed by atoms with E-state index in [0.29, 0.717) is 0 Å². The topological polar surface area (TPSA) is 0 Å². The summed E-state index contributed by atoms with van der Waals surface area (Å²) in [6.07, 6.45) is 0. The van der Waals surface area contributed by atoms with E-state index in [-0.39, 0.29) is 10.8 Å². The van der Waals surface area contributed by atoms with E-state index < -0.39 is 0 Å². The highest BCUT2D eigenvalue weighted by Gasteiger charge is 2.38. The van der Waals surface area contributed by atoms with Crippen LogP contribution in [0.2, 0.25) is 0 Å². The SMILES string of the molecule is CC1(C)c2ccc(-c3c4ccccc4c(-c4ccc5c(c4)-c4c(ccc6ccccc46)C5(C)C)c4ccccc34)cc2-c2c1ccc1ccccc21. The first-order chi connectivity index (χ1) is 25.3. The van der Waals surface area contributed by atoms with Gasteiger partial charge in [-0.1, -0.05) is 173 Å². The molecule has 0 radical (unpaired) electrons. The zero-order chi connectivity index (χ0) is 34.9. The second-order valence-electron chi connectivity index (χ2n) is 16.0. The molecule has 2 aliphatic rings. The van der Waals surface area contributed by atoms with Crippen LogP contribution < -0.4 is 0 Å². The maximum absolute atomic E-state index is 2.49. The predicted molar refractivity (Wildman–Crippen MR) is 222 cm³/mol. The van der Waals surface area contributed by atoms with Crippen LogP contribution in [0.4, 0.5) is 0 Å². The molecule has 0 aliphatic heterocycles. The first kappa shape index (κ1) is 29.7. The van der Waals surface area contributed by atoms with Crippen molar-refractivity contribution in [2.24, 2.45) is 0 Å². The molecule has 0 nitrogen and oxygen atoms in total. The number of fused-ring (bicyclic) bond motifs is 12. The van der Waals surface area contributed by atoms with Crippen molar-refractivity contribution in [3.8, 4) is 44.5 Å². The summed E-state index contributed by atoms with van der Waals surface area (Å²) in [6.45, 7) is 9.52. The molecule has 0 bridgehead atoms. The van der Waals surface area contributed by atoms with E-state index in [0.717, 1.165) is 0 Å². The summed E-state index contributed by atoms with van der Waals surface area (Å²) < 4.78 is 0. The van der Waals surface area contributed by atoms with Crippen LogP contribution in [0.3, 0.4) is 0 Å². The lowest BCUT2D eigenvalue weighted by Gasteiger charge is -2.22. The Kier molecular flexibility index (Phi) is 5.89. The molecule has 0 heterocycles. The lowest BCUT2D eigenvalue weighted by molar-refractivity contribution is 0.661. The summed E-state index contributed by atoms with van der Waals surface area (Å²) in [6, 6.07) is 59.7. The summed E-state index contributed by atoms with van der Waals surface area (Å²) in [5, 5.41) is 10.4. The summed E-state index contributed by atoms with van der Waals surface area (Å²) in [7, 11) is 0. The highest BCUT2D eigenvalue weighted by atomic mass is 14.4. The highest BCUT2D eigenvalue weighted by molar-refractivity contribution is 6.22. The monoisotopic (exact) mass is 662 g/mol. The van der Waals surface area contributed by atoms with Gasteiger partial charge in [-0.15, -0.1) is 0 Å². The Morgan fingerprint density at radius 2 is 0.615 bits per heavy atom. The van der Waals surface area contributed by atoms with Crippen molar-refractivity contribution >= 4 is 43.1 Å². The first-order valence-electron chi connectivity index (χ1n) is 18.6. The zero-order valence-electron chi connectivity index (χ0n) is 30.0. The smallest absolute Gasteiger partial charge is 0.0159 e. The molecular weight excluding hydrogens is 625 g/mol. The quantitative estimate of drug-likeness (QED) is 0.162. The van der Waals surface area contributed by atoms with Crippen molar-refractivity contribution in [3.63, 3.8) is 0 Å². The second kappa shape index (κ2) is 10.3. The molecule has 0 saturated heterocycles. The lowest BCUT2D eigenvalue weighted by atomic mass is 9.80. The first-order valence-corrected chi connectivity index (χ1v) is 18.6. The van der Waals surface area contributed by atoms with E-state index in [4.69, 9.17) is 0 Å². The molecule has 0 fully saturated rings. The maximum atomic E-state index is 2.49. The largest absolute Gasteiger partial charge is 0.0616 e. The normalized spacial score (nSPS) is 14.8. The Bertz CT molecular complexity index is 2740. The van der Waals surface area contributed by atoms with Gasteiger partial charge in [-0.3, -0.25) is 0 Å². The lowest BCUT2D eigenvalue weighted by Crippen LogP contribution is -2.14. The minimum atomic E-state index is -0.0622. The predicted octanol–water partition coefficient (Wildman–Crippen LogP) is 14.2. The maximum Gasteiger partial charge on any atom is 0.0159 e. The third-order valence-electron chi connectivity index (χ3n) is 12.6. The van der Waals surface area contributed by atoms with E-state index in [2.05, 4.69) is 185 Å². The van der Waals surface area contributed by atoms with Gasteiger partial charge in [-0.25, -0.2) is 0 Å². The van der Waals surface area contributed by atoms with Gasteiger partial charge in [0.2, 0.25) is 0 Å². The molecule has 11 rings (SSSR count). The van der Waals surface area contributed by atoms with Crippen LogP contribution >= 0.6 is 0 Å². The van der Waals surface area contributed by atoms with Crippen LogP contribution in [0.1, 0.15) is 49.9 Å². The number of hydrogen-bond acceptors (Lipinski definition) is 0. The van der Waals surface area contributed by atoms with Crippen LogP contribution in [-0.2, 0) is 10.8 Å². The molecule has 0 heteroatoms. The van der Waals surface area contributed by atoms with Crippen LogP contribution in [-0.4, -0.2) is 0 Å². The van der Waals surface area contributed by atoms with Crippen LogP contribution in [0.15, 0.2) is 158 Å². The van der Waals surface area contributed by atoms with Crippen molar-refractivity contribution in [2.45, 2.75) is 38.5 Å². The van der Waals surface area contributed by atoms with E-state index in [9.17, 15) is 0 Å². The van der Waals surface area contributed by atoms with Crippen LogP contribution in [0.25, 0.3) is 87.6 Å². The Hall–Kier alpha value is -5.98. The number of hydrogen-bond donors (Lipinski definition) is 0. The van der Waals surface area contributed by atoms with Gasteiger partial charge in [0.1, 0.15) is 0 Å². The molecule has 0 aromatic heterocycles. The van der Waals surface area contributed by atoms with Crippen molar-refractivity contribution in [1.82, 2.24) is 0 Å². The second-order valence-corrected chi connectivity index (χ2v) is 16.0. The standard InChI is InChI=1S/C52H38/c1-51(2)43-25-23-33(29-41(43)49-35-15-7-5-13-31(35)21-27-45(49)51)47-37-17-9-11-19-39(37)48(40-20-12-10-18-38(40)47)34-24-26-44-42(30-34)50-36-16-8-6-14-32(36)22-28-46(50)52(44,3)4/h5-30H,1-4H3. The summed E-state index contributed by atoms with van der Waals surface area (Å²) >= 11 is 0. The zero-order valence-corrected chi connectivity index (χ0v) is 30.0. The van der Waals surface area contributed by atoms with Gasteiger partial charge in [0.05, 0.1) is 0 Å². The summed E-state index contributed by atoms with van der Waals surface area (Å²) in [5.74, 6) is 0. The van der Waals surface area contributed by atoms with Gasteiger partial charge in [0.15, 0.2) is 0 Å². The van der Waals surface area contributed by atoms with E-state index in [1.165, 1.54) is 110 Å². The molecule has 0 atom stereocenters. The Morgan fingerprint density at radius 1 is 0.288 bits per heavy atom. The molecule has 9 aromatic carbocycles. The molecule has 0 saturated carbocycles. The van der Waals surface area contributed by atoms with E-state index in [1.807, 2.05) is 0 Å². The Balaban J connectivity index is 1.18. The molecule has 0 N–H and O–H groups in total. The van der Waals surface area contributed by atoms with Crippen LogP contribution in [0, 0.1) is 0 Å². The highest BCUT2D eigenvalue weighted by Crippen LogP contribution is 2.55. The fraction of sp³-hybridized carbons (Fsp3) is 0.115. The van der Waals surface area contributed by atoms with Crippen molar-refractivity contribution in [2.75, 3.05) is 0 Å². The minimum absolute atomic E-state index is 0.0622. The molecule has 52 heavy (non-hydrogen) atoms. The average Bonchev–Trinajstić information content (AvgIpc) is 3.55. The molecular formula is C52H38. The Labute approximate surface area is 305 Å².